The minimum atomic E-state index is -4.05. The molecule has 0 aliphatic carbocycles. The number of anilines is 1. The van der Waals surface area contributed by atoms with Gasteiger partial charge >= 0.3 is 0 Å². The van der Waals surface area contributed by atoms with Gasteiger partial charge in [0.15, 0.2) is 0 Å². The van der Waals surface area contributed by atoms with Crippen molar-refractivity contribution in [2.45, 2.75) is 11.8 Å². The molecule has 0 fully saturated rings. The number of carbonyl (C=O) groups excluding carboxylic acids is 1. The molecule has 0 saturated carbocycles. The summed E-state index contributed by atoms with van der Waals surface area (Å²) in [5, 5.41) is 13.6. The maximum absolute atomic E-state index is 13.3. The first-order chi connectivity index (χ1) is 15.3. The molecule has 166 valence electrons. The van der Waals surface area contributed by atoms with E-state index in [-0.39, 0.29) is 10.6 Å². The van der Waals surface area contributed by atoms with E-state index in [2.05, 4.69) is 10.5 Å². The molecule has 0 aliphatic heterocycles. The Hall–Kier alpha value is -3.85. The molecule has 0 atom stereocenters. The molecule has 2 N–H and O–H groups in total. The number of benzene rings is 3. The number of aryl methyl sites for hydroxylation is 1. The number of ether oxygens (including phenoxy) is 1. The van der Waals surface area contributed by atoms with Crippen LogP contribution in [0.25, 0.3) is 0 Å². The number of amides is 1. The van der Waals surface area contributed by atoms with Crippen LogP contribution in [-0.2, 0) is 14.8 Å². The lowest BCUT2D eigenvalue weighted by Gasteiger charge is -2.24. The van der Waals surface area contributed by atoms with E-state index < -0.39 is 22.5 Å². The van der Waals surface area contributed by atoms with Crippen LogP contribution in [0, 0.1) is 6.92 Å². The van der Waals surface area contributed by atoms with Gasteiger partial charge in [-0.15, -0.1) is 0 Å². The minimum Gasteiger partial charge on any atom is -0.507 e. The van der Waals surface area contributed by atoms with Gasteiger partial charge in [-0.05, 0) is 55.5 Å². The second-order valence-corrected chi connectivity index (χ2v) is 8.74. The Kier molecular flexibility index (Phi) is 7.11. The maximum atomic E-state index is 13.3. The normalized spacial score (nSPS) is 11.3. The molecular formula is C23H23N3O5S. The number of phenols is 1. The van der Waals surface area contributed by atoms with Crippen LogP contribution >= 0.6 is 0 Å². The van der Waals surface area contributed by atoms with Crippen LogP contribution in [0.2, 0.25) is 0 Å². The van der Waals surface area contributed by atoms with Crippen molar-refractivity contribution in [3.05, 3.63) is 83.9 Å². The topological polar surface area (TPSA) is 108 Å². The number of hydrogen-bond acceptors (Lipinski definition) is 6. The third-order valence-electron chi connectivity index (χ3n) is 4.59. The smallest absolute Gasteiger partial charge is 0.264 e. The lowest BCUT2D eigenvalue weighted by Crippen LogP contribution is -2.39. The molecule has 32 heavy (non-hydrogen) atoms. The van der Waals surface area contributed by atoms with Gasteiger partial charge in [-0.1, -0.05) is 29.8 Å². The largest absolute Gasteiger partial charge is 0.507 e. The zero-order valence-corrected chi connectivity index (χ0v) is 18.4. The van der Waals surface area contributed by atoms with Crippen LogP contribution in [0.5, 0.6) is 11.5 Å². The Morgan fingerprint density at radius 1 is 1.06 bits per heavy atom. The van der Waals surface area contributed by atoms with Gasteiger partial charge in [0.1, 0.15) is 18.0 Å². The Labute approximate surface area is 186 Å². The third-order valence-corrected chi connectivity index (χ3v) is 6.37. The molecule has 0 bridgehead atoms. The van der Waals surface area contributed by atoms with Crippen molar-refractivity contribution in [1.29, 1.82) is 0 Å². The third kappa shape index (κ3) is 5.44. The Morgan fingerprint density at radius 2 is 1.72 bits per heavy atom. The van der Waals surface area contributed by atoms with Crippen LogP contribution in [0.4, 0.5) is 5.69 Å². The Bertz CT molecular complexity index is 1210. The van der Waals surface area contributed by atoms with E-state index in [9.17, 15) is 18.3 Å². The molecule has 1 amide bonds. The number of hydrazone groups is 1. The molecule has 3 aromatic rings. The first kappa shape index (κ1) is 22.8. The summed E-state index contributed by atoms with van der Waals surface area (Å²) < 4.78 is 32.8. The van der Waals surface area contributed by atoms with Crippen molar-refractivity contribution < 1.29 is 23.1 Å². The van der Waals surface area contributed by atoms with Gasteiger partial charge in [-0.3, -0.25) is 9.10 Å². The van der Waals surface area contributed by atoms with Crippen molar-refractivity contribution in [2.75, 3.05) is 18.0 Å². The van der Waals surface area contributed by atoms with Crippen molar-refractivity contribution in [2.24, 2.45) is 5.10 Å². The fourth-order valence-electron chi connectivity index (χ4n) is 2.84. The summed E-state index contributed by atoms with van der Waals surface area (Å²) in [6.45, 7) is 1.39. The molecule has 0 aromatic heterocycles. The number of rotatable bonds is 8. The predicted octanol–water partition coefficient (Wildman–Crippen LogP) is 3.05. The van der Waals surface area contributed by atoms with E-state index in [0.29, 0.717) is 17.0 Å². The highest BCUT2D eigenvalue weighted by molar-refractivity contribution is 7.92. The van der Waals surface area contributed by atoms with Crippen molar-refractivity contribution in [1.82, 2.24) is 5.43 Å². The summed E-state index contributed by atoms with van der Waals surface area (Å²) in [6, 6.07) is 19.2. The van der Waals surface area contributed by atoms with Gasteiger partial charge in [0.25, 0.3) is 15.9 Å². The molecular weight excluding hydrogens is 430 g/mol. The highest BCUT2D eigenvalue weighted by Crippen LogP contribution is 2.25. The molecule has 0 saturated heterocycles. The first-order valence-corrected chi connectivity index (χ1v) is 11.1. The van der Waals surface area contributed by atoms with E-state index in [4.69, 9.17) is 4.74 Å². The van der Waals surface area contributed by atoms with Gasteiger partial charge < -0.3 is 9.84 Å². The van der Waals surface area contributed by atoms with Crippen LogP contribution in [0.15, 0.2) is 82.8 Å². The minimum absolute atomic E-state index is 0.00821. The van der Waals surface area contributed by atoms with E-state index in [1.165, 1.54) is 43.7 Å². The van der Waals surface area contributed by atoms with Crippen LogP contribution in [-0.4, -0.2) is 39.3 Å². The number of sulfonamides is 1. The van der Waals surface area contributed by atoms with E-state index in [1.54, 1.807) is 42.5 Å². The zero-order chi connectivity index (χ0) is 23.1. The Morgan fingerprint density at radius 3 is 2.34 bits per heavy atom. The van der Waals surface area contributed by atoms with Crippen molar-refractivity contribution >= 4 is 27.8 Å². The molecule has 0 unspecified atom stereocenters. The molecule has 8 nitrogen and oxygen atoms in total. The van der Waals surface area contributed by atoms with Crippen LogP contribution in [0.3, 0.4) is 0 Å². The number of phenolic OH excluding ortho intramolecular Hbond substituents is 1. The molecule has 3 rings (SSSR count). The summed E-state index contributed by atoms with van der Waals surface area (Å²) in [5.74, 6) is -0.120. The molecule has 0 radical (unpaired) electrons. The molecule has 0 aliphatic rings. The number of carbonyl (C=O) groups is 1. The second-order valence-electron chi connectivity index (χ2n) is 6.87. The fourth-order valence-corrected chi connectivity index (χ4v) is 4.26. The average Bonchev–Trinajstić information content (AvgIpc) is 2.79. The summed E-state index contributed by atoms with van der Waals surface area (Å²) in [5.41, 5.74) is 4.01. The SMILES string of the molecule is COc1ccc(S(=O)(=O)N(CC(=O)N/N=C\c2ccccc2O)c2ccc(C)cc2)cc1. The van der Waals surface area contributed by atoms with Crippen molar-refractivity contribution in [3.8, 4) is 11.5 Å². The van der Waals surface area contributed by atoms with Crippen LogP contribution < -0.4 is 14.5 Å². The quantitative estimate of drug-likeness (QED) is 0.403. The number of nitrogens with zero attached hydrogens (tertiary/aromatic N) is 2. The fraction of sp³-hybridized carbons (Fsp3) is 0.130. The number of methoxy groups -OCH3 is 1. The number of nitrogens with one attached hydrogen (secondary N) is 1. The Balaban J connectivity index is 1.85. The highest BCUT2D eigenvalue weighted by Gasteiger charge is 2.27. The van der Waals surface area contributed by atoms with Crippen molar-refractivity contribution in [3.63, 3.8) is 0 Å². The van der Waals surface area contributed by atoms with Gasteiger partial charge in [0.2, 0.25) is 0 Å². The van der Waals surface area contributed by atoms with E-state index >= 15 is 0 Å². The zero-order valence-electron chi connectivity index (χ0n) is 17.6. The molecule has 9 heteroatoms. The standard InChI is InChI=1S/C23H23N3O5S/c1-17-7-9-19(10-8-17)26(32(29,30)21-13-11-20(31-2)12-14-21)16-23(28)25-24-15-18-5-3-4-6-22(18)27/h3-15,27H,16H2,1-2H3,(H,25,28)/b24-15-. The summed E-state index contributed by atoms with van der Waals surface area (Å²) >= 11 is 0. The maximum Gasteiger partial charge on any atom is 0.264 e. The highest BCUT2D eigenvalue weighted by atomic mass is 32.2. The lowest BCUT2D eigenvalue weighted by atomic mass is 10.2. The number of para-hydroxylation sites is 1. The number of aromatic hydroxyl groups is 1. The predicted molar refractivity (Wildman–Crippen MR) is 123 cm³/mol. The molecule has 0 spiro atoms. The van der Waals surface area contributed by atoms with E-state index in [1.807, 2.05) is 6.92 Å². The number of hydrogen-bond donors (Lipinski definition) is 2. The first-order valence-electron chi connectivity index (χ1n) is 9.64. The average molecular weight is 454 g/mol. The van der Waals surface area contributed by atoms with Gasteiger partial charge in [-0.2, -0.15) is 5.10 Å². The van der Waals surface area contributed by atoms with Gasteiger partial charge in [-0.25, -0.2) is 13.8 Å². The summed E-state index contributed by atoms with van der Waals surface area (Å²) in [7, 11) is -2.56. The molecule has 0 heterocycles. The molecule has 3 aromatic carbocycles. The lowest BCUT2D eigenvalue weighted by molar-refractivity contribution is -0.119. The summed E-state index contributed by atoms with van der Waals surface area (Å²) in [4.78, 5) is 12.6. The second kappa shape index (κ2) is 9.97. The van der Waals surface area contributed by atoms with Crippen LogP contribution in [0.1, 0.15) is 11.1 Å². The van der Waals surface area contributed by atoms with E-state index in [0.717, 1.165) is 9.87 Å². The van der Waals surface area contributed by atoms with Gasteiger partial charge in [0.05, 0.1) is 23.9 Å². The monoisotopic (exact) mass is 453 g/mol. The summed E-state index contributed by atoms with van der Waals surface area (Å²) in [6.07, 6.45) is 1.28. The van der Waals surface area contributed by atoms with Gasteiger partial charge in [0, 0.05) is 5.56 Å².